The van der Waals surface area contributed by atoms with Crippen molar-refractivity contribution in [2.75, 3.05) is 6.54 Å². The van der Waals surface area contributed by atoms with Gasteiger partial charge in [0.1, 0.15) is 6.54 Å². The topological polar surface area (TPSA) is 29.4 Å². The van der Waals surface area contributed by atoms with Gasteiger partial charge in [-0.25, -0.2) is 0 Å². The van der Waals surface area contributed by atoms with Crippen molar-refractivity contribution in [1.29, 1.82) is 0 Å². The third kappa shape index (κ3) is 2.55. The van der Waals surface area contributed by atoms with E-state index in [9.17, 15) is 4.79 Å². The number of aliphatic imine (C=N–C) groups is 1. The van der Waals surface area contributed by atoms with Crippen LogP contribution in [0.15, 0.2) is 113 Å². The number of allylic oxidation sites excluding steroid dienone is 1. The van der Waals surface area contributed by atoms with Gasteiger partial charge in [0.05, 0.1) is 0 Å². The number of benzene rings is 4. The van der Waals surface area contributed by atoms with Crippen molar-refractivity contribution in [3.05, 3.63) is 130 Å². The van der Waals surface area contributed by atoms with Gasteiger partial charge in [-0.1, -0.05) is 97.1 Å². The van der Waals surface area contributed by atoms with Crippen LogP contribution in [0.25, 0.3) is 22.3 Å². The maximum atomic E-state index is 13.6. The van der Waals surface area contributed by atoms with Gasteiger partial charge in [-0.15, -0.1) is 0 Å². The van der Waals surface area contributed by atoms with Crippen molar-refractivity contribution in [3.8, 4) is 22.3 Å². The predicted molar refractivity (Wildman–Crippen MR) is 133 cm³/mol. The van der Waals surface area contributed by atoms with Crippen LogP contribution in [0.3, 0.4) is 0 Å². The highest BCUT2D eigenvalue weighted by Crippen LogP contribution is 2.53. The lowest BCUT2D eigenvalue weighted by atomic mass is 9.77. The van der Waals surface area contributed by atoms with Gasteiger partial charge in [0.2, 0.25) is 0 Å². The fourth-order valence-corrected chi connectivity index (χ4v) is 6.06. The van der Waals surface area contributed by atoms with Crippen LogP contribution < -0.4 is 0 Å². The van der Waals surface area contributed by atoms with Crippen molar-refractivity contribution < 1.29 is 4.79 Å². The van der Waals surface area contributed by atoms with Crippen LogP contribution in [0, 0.1) is 0 Å². The highest BCUT2D eigenvalue weighted by molar-refractivity contribution is 6.10. The number of carbonyl (C=O) groups excluding carboxylic acids is 1. The quantitative estimate of drug-likeness (QED) is 0.359. The van der Waals surface area contributed by atoms with Gasteiger partial charge < -0.3 is 0 Å². The van der Waals surface area contributed by atoms with Crippen LogP contribution in [-0.2, 0) is 4.79 Å². The molecule has 0 radical (unpaired) electrons. The molecule has 2 nitrogen and oxygen atoms in total. The smallest absolute Gasteiger partial charge is 0.181 e. The van der Waals surface area contributed by atoms with E-state index < -0.39 is 0 Å². The molecule has 0 spiro atoms. The van der Waals surface area contributed by atoms with Gasteiger partial charge in [0.15, 0.2) is 5.78 Å². The molecule has 0 fully saturated rings. The van der Waals surface area contributed by atoms with Crippen LogP contribution in [-0.4, -0.2) is 18.5 Å². The molecular weight excluding hydrogens is 402 g/mol. The van der Waals surface area contributed by atoms with E-state index >= 15 is 0 Å². The zero-order valence-electron chi connectivity index (χ0n) is 18.0. The third-order valence-electron chi connectivity index (χ3n) is 7.34. The lowest BCUT2D eigenvalue weighted by molar-refractivity contribution is -0.114. The predicted octanol–water partition coefficient (Wildman–Crippen LogP) is 6.56. The largest absolute Gasteiger partial charge is 0.292 e. The van der Waals surface area contributed by atoms with Gasteiger partial charge in [0, 0.05) is 23.6 Å². The summed E-state index contributed by atoms with van der Waals surface area (Å²) in [5, 5.41) is 0. The molecule has 0 aromatic heterocycles. The summed E-state index contributed by atoms with van der Waals surface area (Å²) in [5.41, 5.74) is 11.9. The number of hydrogen-bond acceptors (Lipinski definition) is 2. The first-order valence-corrected chi connectivity index (χ1v) is 11.5. The van der Waals surface area contributed by atoms with Crippen molar-refractivity contribution in [3.63, 3.8) is 0 Å². The molecule has 0 atom stereocenters. The maximum absolute atomic E-state index is 13.6. The summed E-state index contributed by atoms with van der Waals surface area (Å²) < 4.78 is 0. The van der Waals surface area contributed by atoms with Crippen LogP contribution in [0.1, 0.15) is 34.1 Å². The third-order valence-corrected chi connectivity index (χ3v) is 7.34. The second-order valence-corrected chi connectivity index (χ2v) is 8.98. The fraction of sp³-hybridized carbons (Fsp3) is 0.0968. The average Bonchev–Trinajstić information content (AvgIpc) is 3.37. The Kier molecular flexibility index (Phi) is 3.92. The number of hydrogen-bond donors (Lipinski definition) is 0. The monoisotopic (exact) mass is 423 g/mol. The van der Waals surface area contributed by atoms with E-state index in [1.54, 1.807) is 0 Å². The summed E-state index contributed by atoms with van der Waals surface area (Å²) in [6.45, 7) is 0.218. The number of Topliss-reactive ketones (excluding diaryl/α,β-unsaturated/α-hetero) is 1. The Balaban J connectivity index is 1.53. The second kappa shape index (κ2) is 6.98. The van der Waals surface area contributed by atoms with E-state index in [2.05, 4.69) is 102 Å². The van der Waals surface area contributed by atoms with Crippen molar-refractivity contribution in [2.45, 2.75) is 11.8 Å². The number of carbonyl (C=O) groups is 1. The zero-order valence-corrected chi connectivity index (χ0v) is 18.0. The molecule has 0 N–H and O–H groups in total. The molecule has 0 bridgehead atoms. The first kappa shape index (κ1) is 18.5. The van der Waals surface area contributed by atoms with Gasteiger partial charge in [-0.3, -0.25) is 9.79 Å². The standard InChI is InChI=1S/C31H21NO/c33-28-18-32-17-27(29-23-13-5-1-9-19(23)20-10-2-6-14-24(20)29)31(28)30-25-15-7-3-11-21(25)22-12-4-8-16-26(22)30/h1-17,29-30H,18H2. The maximum Gasteiger partial charge on any atom is 0.181 e. The van der Waals surface area contributed by atoms with E-state index in [0.29, 0.717) is 0 Å². The molecule has 0 saturated carbocycles. The van der Waals surface area contributed by atoms with Crippen molar-refractivity contribution >= 4 is 12.0 Å². The highest BCUT2D eigenvalue weighted by Gasteiger charge is 2.40. The molecule has 1 heterocycles. The van der Waals surface area contributed by atoms with Crippen LogP contribution in [0.5, 0.6) is 0 Å². The van der Waals surface area contributed by atoms with E-state index in [1.165, 1.54) is 44.5 Å². The van der Waals surface area contributed by atoms with Gasteiger partial charge >= 0.3 is 0 Å². The van der Waals surface area contributed by atoms with Gasteiger partial charge in [-0.05, 0) is 50.1 Å². The molecule has 0 saturated heterocycles. The minimum atomic E-state index is -0.0634. The van der Waals surface area contributed by atoms with E-state index in [1.807, 2.05) is 6.21 Å². The summed E-state index contributed by atoms with van der Waals surface area (Å²) in [6, 6.07) is 34.2. The molecule has 33 heavy (non-hydrogen) atoms. The summed E-state index contributed by atoms with van der Waals surface area (Å²) in [7, 11) is 0. The van der Waals surface area contributed by atoms with Crippen LogP contribution >= 0.6 is 0 Å². The number of nitrogens with zero attached hydrogens (tertiary/aromatic N) is 1. The van der Waals surface area contributed by atoms with Crippen molar-refractivity contribution in [2.24, 2.45) is 4.99 Å². The van der Waals surface area contributed by atoms with Gasteiger partial charge in [0.25, 0.3) is 0 Å². The first-order chi connectivity index (χ1) is 16.3. The molecule has 4 aromatic carbocycles. The highest BCUT2D eigenvalue weighted by atomic mass is 16.1. The molecule has 4 aromatic rings. The second-order valence-electron chi connectivity index (χ2n) is 8.98. The minimum absolute atomic E-state index is 0.0142. The summed E-state index contributed by atoms with van der Waals surface area (Å²) >= 11 is 0. The van der Waals surface area contributed by atoms with Gasteiger partial charge in [-0.2, -0.15) is 0 Å². The zero-order chi connectivity index (χ0) is 21.9. The summed E-state index contributed by atoms with van der Waals surface area (Å²) in [6.07, 6.45) is 1.98. The lowest BCUT2D eigenvalue weighted by Crippen LogP contribution is -2.23. The Morgan fingerprint density at radius 3 is 1.39 bits per heavy atom. The molecular formula is C31H21NO. The summed E-state index contributed by atoms with van der Waals surface area (Å²) in [5.74, 6) is 0.0813. The normalized spacial score (nSPS) is 16.5. The van der Waals surface area contributed by atoms with Crippen molar-refractivity contribution in [1.82, 2.24) is 0 Å². The molecule has 3 aliphatic rings. The number of dihydropyridines is 1. The summed E-state index contributed by atoms with van der Waals surface area (Å²) in [4.78, 5) is 18.2. The Labute approximate surface area is 193 Å². The van der Waals surface area contributed by atoms with Crippen LogP contribution in [0.4, 0.5) is 0 Å². The van der Waals surface area contributed by atoms with Crippen LogP contribution in [0.2, 0.25) is 0 Å². The SMILES string of the molecule is O=C1CN=CC(C2c3ccccc3-c3ccccc32)=C1C1c2ccccc2-c2ccccc21. The molecule has 0 unspecified atom stereocenters. The average molecular weight is 424 g/mol. The van der Waals surface area contributed by atoms with E-state index in [0.717, 1.165) is 11.1 Å². The lowest BCUT2D eigenvalue weighted by Gasteiger charge is -2.26. The fourth-order valence-electron chi connectivity index (χ4n) is 6.06. The Morgan fingerprint density at radius 1 is 0.545 bits per heavy atom. The molecule has 1 aliphatic heterocycles. The minimum Gasteiger partial charge on any atom is -0.292 e. The molecule has 7 rings (SSSR count). The number of rotatable bonds is 2. The molecule has 2 aliphatic carbocycles. The Hall–Kier alpha value is -4.04. The Morgan fingerprint density at radius 2 is 0.939 bits per heavy atom. The molecule has 156 valence electrons. The first-order valence-electron chi connectivity index (χ1n) is 11.5. The van der Waals surface area contributed by atoms with E-state index in [4.69, 9.17) is 0 Å². The van der Waals surface area contributed by atoms with E-state index in [-0.39, 0.29) is 24.2 Å². The number of fused-ring (bicyclic) bond motifs is 6. The number of ketones is 1. The molecule has 2 heteroatoms. The molecule has 0 amide bonds. The Bertz CT molecular complexity index is 1430.